The minimum Gasteiger partial charge on any atom is -0.494 e. The molecule has 0 bridgehead atoms. The minimum atomic E-state index is -1.03. The summed E-state index contributed by atoms with van der Waals surface area (Å²) >= 11 is 1.44. The number of carbonyl (C=O) groups is 6. The molecule has 1 aromatic heterocycles. The van der Waals surface area contributed by atoms with Crippen LogP contribution in [0, 0.1) is 12.8 Å². The van der Waals surface area contributed by atoms with E-state index >= 15 is 0 Å². The monoisotopic (exact) mass is 859 g/mol. The fourth-order valence-electron chi connectivity index (χ4n) is 8.94. The van der Waals surface area contributed by atoms with Crippen molar-refractivity contribution in [3.63, 3.8) is 0 Å². The van der Waals surface area contributed by atoms with Gasteiger partial charge in [-0.05, 0) is 93.0 Å². The van der Waals surface area contributed by atoms with Gasteiger partial charge in [-0.25, -0.2) is 4.98 Å². The maximum absolute atomic E-state index is 13.6. The third kappa shape index (κ3) is 8.72. The standard InChI is InChI=1S/C46H49N7O8S/c1-27-41(31-10-11-36-30(26-31)15-18-52(36)43(57)29-8-9-29)50-46(62-27)49-39(55)25-28-4-2-5-33(24-28)61-21-16-32(51-19-22-60-23-20-51)14-17-47-35-7-3-6-34-40(35)45(59)53(44(34)58)37-12-13-38(54)48-42(37)56/h2-7,10-11,24,26,29,32,37,47H,8-9,12-23,25H2,1H3,(H,48,54,56)(H,49,50,55). The number of amides is 6. The number of piperidine rings is 1. The Bertz CT molecular complexity index is 2440. The molecule has 1 saturated carbocycles. The van der Waals surface area contributed by atoms with Crippen molar-refractivity contribution in [2.45, 2.75) is 70.4 Å². The van der Waals surface area contributed by atoms with Gasteiger partial charge in [-0.2, -0.15) is 0 Å². The Morgan fingerprint density at radius 2 is 1.77 bits per heavy atom. The van der Waals surface area contributed by atoms with Crippen molar-refractivity contribution in [2.75, 3.05) is 61.5 Å². The smallest absolute Gasteiger partial charge is 0.264 e. The lowest BCUT2D eigenvalue weighted by molar-refractivity contribution is -0.136. The van der Waals surface area contributed by atoms with Gasteiger partial charge in [-0.15, -0.1) is 11.3 Å². The molecule has 6 amide bonds. The molecule has 16 heteroatoms. The van der Waals surface area contributed by atoms with Gasteiger partial charge in [0.25, 0.3) is 11.8 Å². The van der Waals surface area contributed by atoms with Crippen LogP contribution in [-0.2, 0) is 36.8 Å². The number of ether oxygens (including phenoxy) is 2. The van der Waals surface area contributed by atoms with Gasteiger partial charge in [0.05, 0.1) is 43.1 Å². The Hall–Kier alpha value is -5.97. The highest BCUT2D eigenvalue weighted by Gasteiger charge is 2.45. The van der Waals surface area contributed by atoms with Crippen molar-refractivity contribution in [1.82, 2.24) is 20.1 Å². The van der Waals surface area contributed by atoms with Gasteiger partial charge < -0.3 is 25.0 Å². The number of morpholine rings is 1. The molecule has 3 N–H and O–H groups in total. The summed E-state index contributed by atoms with van der Waals surface area (Å²) in [5, 5.41) is 9.15. The molecule has 0 spiro atoms. The molecule has 3 fully saturated rings. The van der Waals surface area contributed by atoms with Crippen molar-refractivity contribution in [3.8, 4) is 17.0 Å². The van der Waals surface area contributed by atoms with E-state index in [4.69, 9.17) is 14.5 Å². The van der Waals surface area contributed by atoms with Crippen molar-refractivity contribution >= 4 is 63.3 Å². The zero-order valence-electron chi connectivity index (χ0n) is 34.6. The van der Waals surface area contributed by atoms with E-state index in [-0.39, 0.29) is 54.2 Å². The van der Waals surface area contributed by atoms with E-state index in [9.17, 15) is 28.8 Å². The summed E-state index contributed by atoms with van der Waals surface area (Å²) < 4.78 is 11.9. The first-order valence-corrected chi connectivity index (χ1v) is 22.3. The number of benzene rings is 3. The first-order valence-electron chi connectivity index (χ1n) is 21.4. The molecule has 5 heterocycles. The zero-order valence-corrected chi connectivity index (χ0v) is 35.4. The average molecular weight is 860 g/mol. The number of fused-ring (bicyclic) bond motifs is 2. The Morgan fingerprint density at radius 3 is 2.58 bits per heavy atom. The summed E-state index contributed by atoms with van der Waals surface area (Å²) in [6.45, 7) is 6.48. The van der Waals surface area contributed by atoms with Crippen LogP contribution in [0.3, 0.4) is 0 Å². The Morgan fingerprint density at radius 1 is 0.952 bits per heavy atom. The van der Waals surface area contributed by atoms with Crippen LogP contribution in [-0.4, -0.2) is 108 Å². The summed E-state index contributed by atoms with van der Waals surface area (Å²) in [5.41, 5.74) is 5.75. The molecule has 0 radical (unpaired) electrons. The number of aromatic nitrogens is 1. The number of imide groups is 2. The highest BCUT2D eigenvalue weighted by Crippen LogP contribution is 2.39. The second kappa shape index (κ2) is 17.8. The van der Waals surface area contributed by atoms with E-state index in [2.05, 4.69) is 26.9 Å². The van der Waals surface area contributed by atoms with Gasteiger partial charge in [-0.3, -0.25) is 43.9 Å². The lowest BCUT2D eigenvalue weighted by Gasteiger charge is -2.34. The number of aryl methyl sites for hydroxylation is 1. The van der Waals surface area contributed by atoms with Gasteiger partial charge >= 0.3 is 0 Å². The largest absolute Gasteiger partial charge is 0.494 e. The Balaban J connectivity index is 0.782. The molecule has 2 unspecified atom stereocenters. The zero-order chi connectivity index (χ0) is 42.9. The van der Waals surface area contributed by atoms with Crippen LogP contribution >= 0.6 is 11.3 Å². The van der Waals surface area contributed by atoms with Gasteiger partial charge in [0, 0.05) is 66.4 Å². The van der Waals surface area contributed by atoms with Crippen LogP contribution in [0.15, 0.2) is 60.7 Å². The Kier molecular flexibility index (Phi) is 11.9. The molecule has 9 rings (SSSR count). The predicted octanol–water partition coefficient (Wildman–Crippen LogP) is 4.97. The maximum Gasteiger partial charge on any atom is 0.264 e. The number of carbonyl (C=O) groups excluding carboxylic acids is 6. The summed E-state index contributed by atoms with van der Waals surface area (Å²) in [6.07, 6.45) is 4.54. The average Bonchev–Trinajstić information content (AvgIpc) is 3.86. The van der Waals surface area contributed by atoms with E-state index in [0.29, 0.717) is 49.4 Å². The lowest BCUT2D eigenvalue weighted by Crippen LogP contribution is -2.54. The molecule has 2 saturated heterocycles. The third-order valence-corrected chi connectivity index (χ3v) is 13.2. The minimum absolute atomic E-state index is 0.0580. The third-order valence-electron chi connectivity index (χ3n) is 12.3. The van der Waals surface area contributed by atoms with Crippen LogP contribution in [0.25, 0.3) is 11.3 Å². The molecule has 4 aromatic rings. The van der Waals surface area contributed by atoms with Gasteiger partial charge in [0.15, 0.2) is 5.13 Å². The van der Waals surface area contributed by atoms with E-state index < -0.39 is 29.7 Å². The van der Waals surface area contributed by atoms with E-state index in [0.717, 1.165) is 83.2 Å². The van der Waals surface area contributed by atoms with E-state index in [1.807, 2.05) is 48.2 Å². The first-order chi connectivity index (χ1) is 30.1. The molecule has 15 nitrogen and oxygen atoms in total. The van der Waals surface area contributed by atoms with Crippen LogP contribution in [0.5, 0.6) is 5.75 Å². The molecule has 62 heavy (non-hydrogen) atoms. The van der Waals surface area contributed by atoms with Crippen LogP contribution in [0.2, 0.25) is 0 Å². The number of nitrogens with zero attached hydrogens (tertiary/aromatic N) is 4. The molecule has 5 aliphatic rings. The normalized spacial score (nSPS) is 19.3. The van der Waals surface area contributed by atoms with Crippen LogP contribution in [0.1, 0.15) is 75.2 Å². The predicted molar refractivity (Wildman–Crippen MR) is 232 cm³/mol. The number of rotatable bonds is 15. The Labute approximate surface area is 363 Å². The molecule has 322 valence electrons. The van der Waals surface area contributed by atoms with Crippen molar-refractivity contribution < 1.29 is 38.2 Å². The SMILES string of the molecule is Cc1sc(NC(=O)Cc2cccc(OCCC(CCNc3cccc4c3C(=O)N(C3CCC(=O)NC3=O)C4=O)N3CCOCC3)c2)nc1-c1ccc2c(c1)CCN2C(=O)C1CC1. The van der Waals surface area contributed by atoms with Gasteiger partial charge in [0.1, 0.15) is 11.8 Å². The second-order valence-electron chi connectivity index (χ2n) is 16.5. The summed E-state index contributed by atoms with van der Waals surface area (Å²) in [6, 6.07) is 17.9. The topological polar surface area (TPSA) is 180 Å². The lowest BCUT2D eigenvalue weighted by atomic mass is 10.0. The number of anilines is 3. The fraction of sp³-hybridized carbons (Fsp3) is 0.413. The summed E-state index contributed by atoms with van der Waals surface area (Å²) in [5.74, 6) is -1.24. The molecule has 2 atom stereocenters. The van der Waals surface area contributed by atoms with Crippen molar-refractivity contribution in [2.24, 2.45) is 5.92 Å². The van der Waals surface area contributed by atoms with E-state index in [1.165, 1.54) is 11.3 Å². The molecular weight excluding hydrogens is 811 g/mol. The van der Waals surface area contributed by atoms with Crippen molar-refractivity contribution in [1.29, 1.82) is 0 Å². The van der Waals surface area contributed by atoms with E-state index in [1.54, 1.807) is 18.2 Å². The number of nitrogens with one attached hydrogen (secondary N) is 3. The number of hydrogen-bond donors (Lipinski definition) is 3. The fourth-order valence-corrected chi connectivity index (χ4v) is 9.79. The number of hydrogen-bond acceptors (Lipinski definition) is 12. The second-order valence-corrected chi connectivity index (χ2v) is 17.7. The molecule has 3 aromatic carbocycles. The van der Waals surface area contributed by atoms with Gasteiger partial charge in [0.2, 0.25) is 23.6 Å². The van der Waals surface area contributed by atoms with Gasteiger partial charge in [-0.1, -0.05) is 24.3 Å². The summed E-state index contributed by atoms with van der Waals surface area (Å²) in [7, 11) is 0. The highest BCUT2D eigenvalue weighted by atomic mass is 32.1. The molecule has 4 aliphatic heterocycles. The van der Waals surface area contributed by atoms with Crippen LogP contribution in [0.4, 0.5) is 16.5 Å². The first kappa shape index (κ1) is 41.4. The summed E-state index contributed by atoms with van der Waals surface area (Å²) in [4.78, 5) is 88.3. The quantitative estimate of drug-likeness (QED) is 0.138. The molecule has 1 aliphatic carbocycles. The maximum atomic E-state index is 13.6. The van der Waals surface area contributed by atoms with Crippen molar-refractivity contribution in [3.05, 3.63) is 87.8 Å². The highest BCUT2D eigenvalue weighted by molar-refractivity contribution is 7.16. The van der Waals surface area contributed by atoms with Crippen LogP contribution < -0.4 is 25.6 Å². The molecular formula is C46H49N7O8S. The number of thiazole rings is 1.